The van der Waals surface area contributed by atoms with Crippen LogP contribution in [0.15, 0.2) is 12.7 Å². The number of hydrogen-bond donors (Lipinski definition) is 0. The standard InChI is InChI=1S/C12H22N2O2/c1-7-10(15)16-14-11(2,3)8-13(6)9-12(14,4)5/h7H,1,8-9H2,2-6H3. The predicted molar refractivity (Wildman–Crippen MR) is 63.8 cm³/mol. The summed E-state index contributed by atoms with van der Waals surface area (Å²) in [5.74, 6) is -0.397. The van der Waals surface area contributed by atoms with E-state index in [-0.39, 0.29) is 11.1 Å². The Labute approximate surface area is 97.8 Å². The van der Waals surface area contributed by atoms with Crippen LogP contribution in [0.25, 0.3) is 0 Å². The first-order chi connectivity index (χ1) is 7.19. The topological polar surface area (TPSA) is 32.8 Å². The Hall–Kier alpha value is -0.870. The zero-order chi connectivity index (χ0) is 12.6. The van der Waals surface area contributed by atoms with Crippen molar-refractivity contribution >= 4 is 5.97 Å². The molecule has 0 spiro atoms. The minimum atomic E-state index is -0.397. The molecule has 0 amide bonds. The third-order valence-corrected chi connectivity index (χ3v) is 2.76. The van der Waals surface area contributed by atoms with E-state index in [4.69, 9.17) is 4.84 Å². The molecule has 0 aromatic carbocycles. The maximum atomic E-state index is 11.3. The van der Waals surface area contributed by atoms with E-state index in [2.05, 4.69) is 46.2 Å². The molecule has 0 aromatic heterocycles. The number of nitrogens with zero attached hydrogens (tertiary/aromatic N) is 2. The Morgan fingerprint density at radius 2 is 1.69 bits per heavy atom. The summed E-state index contributed by atoms with van der Waals surface area (Å²) in [5.41, 5.74) is -0.398. The van der Waals surface area contributed by atoms with Crippen molar-refractivity contribution in [3.8, 4) is 0 Å². The molecule has 1 aliphatic rings. The van der Waals surface area contributed by atoms with Crippen LogP contribution in [-0.4, -0.2) is 47.1 Å². The maximum Gasteiger partial charge on any atom is 0.349 e. The molecule has 1 aliphatic heterocycles. The molecule has 1 rings (SSSR count). The molecular weight excluding hydrogens is 204 g/mol. The molecule has 0 unspecified atom stereocenters. The van der Waals surface area contributed by atoms with Gasteiger partial charge in [0.15, 0.2) is 0 Å². The fraction of sp³-hybridized carbons (Fsp3) is 0.750. The van der Waals surface area contributed by atoms with Crippen molar-refractivity contribution in [3.63, 3.8) is 0 Å². The molecule has 1 heterocycles. The highest BCUT2D eigenvalue weighted by Crippen LogP contribution is 2.31. The second kappa shape index (κ2) is 4.18. The second-order valence-electron chi connectivity index (χ2n) is 5.71. The first-order valence-corrected chi connectivity index (χ1v) is 5.52. The zero-order valence-electron chi connectivity index (χ0n) is 10.9. The highest BCUT2D eigenvalue weighted by molar-refractivity contribution is 5.81. The number of piperazine rings is 1. The molecule has 4 heteroatoms. The van der Waals surface area contributed by atoms with E-state index in [1.54, 1.807) is 5.06 Å². The van der Waals surface area contributed by atoms with E-state index >= 15 is 0 Å². The second-order valence-corrected chi connectivity index (χ2v) is 5.71. The Kier molecular flexibility index (Phi) is 3.45. The van der Waals surface area contributed by atoms with Gasteiger partial charge in [-0.25, -0.2) is 4.79 Å². The van der Waals surface area contributed by atoms with Gasteiger partial charge in [0.1, 0.15) is 0 Å². The quantitative estimate of drug-likeness (QED) is 0.667. The molecule has 4 nitrogen and oxygen atoms in total. The van der Waals surface area contributed by atoms with E-state index in [0.29, 0.717) is 0 Å². The van der Waals surface area contributed by atoms with E-state index in [0.717, 1.165) is 13.1 Å². The molecule has 0 N–H and O–H groups in total. The molecule has 0 aliphatic carbocycles. The number of carbonyl (C=O) groups excluding carboxylic acids is 1. The minimum absolute atomic E-state index is 0.199. The predicted octanol–water partition coefficient (Wildman–Crippen LogP) is 1.44. The monoisotopic (exact) mass is 226 g/mol. The highest BCUT2D eigenvalue weighted by Gasteiger charge is 2.46. The summed E-state index contributed by atoms with van der Waals surface area (Å²) >= 11 is 0. The lowest BCUT2D eigenvalue weighted by Gasteiger charge is -2.53. The van der Waals surface area contributed by atoms with Gasteiger partial charge in [-0.1, -0.05) is 6.58 Å². The van der Waals surface area contributed by atoms with Gasteiger partial charge < -0.3 is 9.74 Å². The van der Waals surface area contributed by atoms with Crippen molar-refractivity contribution in [2.24, 2.45) is 0 Å². The van der Waals surface area contributed by atoms with Crippen LogP contribution in [0.4, 0.5) is 0 Å². The lowest BCUT2D eigenvalue weighted by molar-refractivity contribution is -0.268. The van der Waals surface area contributed by atoms with Gasteiger partial charge in [0.25, 0.3) is 0 Å². The van der Waals surface area contributed by atoms with Crippen LogP contribution < -0.4 is 0 Å². The van der Waals surface area contributed by atoms with Crippen LogP contribution in [0.2, 0.25) is 0 Å². The van der Waals surface area contributed by atoms with E-state index in [1.807, 2.05) is 0 Å². The smallest absolute Gasteiger partial charge is 0.349 e. The van der Waals surface area contributed by atoms with Crippen molar-refractivity contribution in [3.05, 3.63) is 12.7 Å². The summed E-state index contributed by atoms with van der Waals surface area (Å²) in [4.78, 5) is 19.0. The number of carbonyl (C=O) groups is 1. The Bertz CT molecular complexity index is 279. The van der Waals surface area contributed by atoms with Crippen LogP contribution in [-0.2, 0) is 9.63 Å². The maximum absolute atomic E-state index is 11.3. The zero-order valence-corrected chi connectivity index (χ0v) is 10.9. The molecule has 1 fully saturated rings. The lowest BCUT2D eigenvalue weighted by Crippen LogP contribution is -2.67. The lowest BCUT2D eigenvalue weighted by atomic mass is 9.91. The van der Waals surface area contributed by atoms with Gasteiger partial charge in [-0.15, -0.1) is 5.06 Å². The first kappa shape index (κ1) is 13.2. The van der Waals surface area contributed by atoms with Crippen LogP contribution in [0.3, 0.4) is 0 Å². The average molecular weight is 226 g/mol. The van der Waals surface area contributed by atoms with E-state index in [1.165, 1.54) is 6.08 Å². The van der Waals surface area contributed by atoms with Gasteiger partial charge in [0, 0.05) is 19.2 Å². The average Bonchev–Trinajstić information content (AvgIpc) is 2.08. The third-order valence-electron chi connectivity index (χ3n) is 2.76. The molecule has 0 radical (unpaired) electrons. The van der Waals surface area contributed by atoms with Crippen LogP contribution in [0.1, 0.15) is 27.7 Å². The molecule has 0 atom stereocenters. The van der Waals surface area contributed by atoms with Gasteiger partial charge in [0.2, 0.25) is 0 Å². The van der Waals surface area contributed by atoms with Crippen LogP contribution in [0, 0.1) is 0 Å². The third kappa shape index (κ3) is 2.62. The summed E-state index contributed by atoms with van der Waals surface area (Å²) in [7, 11) is 2.08. The van der Waals surface area contributed by atoms with Crippen molar-refractivity contribution in [1.82, 2.24) is 9.96 Å². The largest absolute Gasteiger partial charge is 0.363 e. The number of hydroxylamine groups is 2. The fourth-order valence-corrected chi connectivity index (χ4v) is 2.70. The minimum Gasteiger partial charge on any atom is -0.363 e. The van der Waals surface area contributed by atoms with Gasteiger partial charge in [-0.05, 0) is 34.7 Å². The normalized spacial score (nSPS) is 25.1. The van der Waals surface area contributed by atoms with Crippen molar-refractivity contribution in [2.75, 3.05) is 20.1 Å². The fourth-order valence-electron chi connectivity index (χ4n) is 2.70. The SMILES string of the molecule is C=CC(=O)ON1C(C)(C)CN(C)CC1(C)C. The summed E-state index contributed by atoms with van der Waals surface area (Å²) in [6.45, 7) is 13.4. The van der Waals surface area contributed by atoms with Crippen molar-refractivity contribution < 1.29 is 9.63 Å². The number of rotatable bonds is 2. The van der Waals surface area contributed by atoms with Crippen LogP contribution in [0.5, 0.6) is 0 Å². The molecule has 92 valence electrons. The van der Waals surface area contributed by atoms with Crippen molar-refractivity contribution in [2.45, 2.75) is 38.8 Å². The molecular formula is C12H22N2O2. The van der Waals surface area contributed by atoms with Gasteiger partial charge in [-0.2, -0.15) is 0 Å². The van der Waals surface area contributed by atoms with E-state index < -0.39 is 5.97 Å². The van der Waals surface area contributed by atoms with Gasteiger partial charge in [0.05, 0.1) is 11.1 Å². The Morgan fingerprint density at radius 1 is 1.25 bits per heavy atom. The van der Waals surface area contributed by atoms with Crippen LogP contribution >= 0.6 is 0 Å². The Morgan fingerprint density at radius 3 is 2.06 bits per heavy atom. The summed E-state index contributed by atoms with van der Waals surface area (Å²) in [6.07, 6.45) is 1.20. The number of hydrogen-bond acceptors (Lipinski definition) is 4. The van der Waals surface area contributed by atoms with Gasteiger partial charge in [-0.3, -0.25) is 0 Å². The molecule has 0 saturated carbocycles. The molecule has 0 aromatic rings. The summed E-state index contributed by atoms with van der Waals surface area (Å²) in [5, 5.41) is 1.80. The first-order valence-electron chi connectivity index (χ1n) is 5.52. The van der Waals surface area contributed by atoms with Gasteiger partial charge >= 0.3 is 5.97 Å². The number of likely N-dealkylation sites (N-methyl/N-ethyl adjacent to an activating group) is 1. The summed E-state index contributed by atoms with van der Waals surface area (Å²) in [6, 6.07) is 0. The Balaban J connectivity index is 2.92. The molecule has 0 bridgehead atoms. The van der Waals surface area contributed by atoms with Crippen molar-refractivity contribution in [1.29, 1.82) is 0 Å². The summed E-state index contributed by atoms with van der Waals surface area (Å²) < 4.78 is 0. The van der Waals surface area contributed by atoms with E-state index in [9.17, 15) is 4.79 Å². The molecule has 16 heavy (non-hydrogen) atoms. The molecule has 1 saturated heterocycles. The highest BCUT2D eigenvalue weighted by atomic mass is 16.7.